The molecule has 0 fully saturated rings. The number of hydrogen-bond acceptors (Lipinski definition) is 3. The highest BCUT2D eigenvalue weighted by molar-refractivity contribution is 5.48. The van der Waals surface area contributed by atoms with Crippen LogP contribution in [-0.2, 0) is 0 Å². The predicted octanol–water partition coefficient (Wildman–Crippen LogP) is 4.14. The summed E-state index contributed by atoms with van der Waals surface area (Å²) in [5.41, 5.74) is 2.44. The summed E-state index contributed by atoms with van der Waals surface area (Å²) < 4.78 is 0. The molecule has 2 aromatic rings. The van der Waals surface area contributed by atoms with Crippen molar-refractivity contribution >= 4 is 11.5 Å². The quantitative estimate of drug-likeness (QED) is 0.827. The lowest BCUT2D eigenvalue weighted by Gasteiger charge is -2.20. The molecule has 1 heterocycles. The van der Waals surface area contributed by atoms with E-state index in [4.69, 9.17) is 0 Å². The molecule has 0 spiro atoms. The second-order valence-electron chi connectivity index (χ2n) is 5.27. The molecule has 21 heavy (non-hydrogen) atoms. The first-order valence-electron chi connectivity index (χ1n) is 7.74. The van der Waals surface area contributed by atoms with Gasteiger partial charge in [-0.05, 0) is 37.5 Å². The topological polar surface area (TPSA) is 28.2 Å². The molecule has 0 aliphatic rings. The Morgan fingerprint density at radius 3 is 2.33 bits per heavy atom. The van der Waals surface area contributed by atoms with Crippen LogP contribution in [0.15, 0.2) is 48.7 Å². The van der Waals surface area contributed by atoms with E-state index in [1.54, 1.807) is 0 Å². The molecule has 2 rings (SSSR count). The zero-order chi connectivity index (χ0) is 15.1. The van der Waals surface area contributed by atoms with E-state index in [2.05, 4.69) is 78.4 Å². The number of nitrogens with zero attached hydrogens (tertiary/aromatic N) is 2. The summed E-state index contributed by atoms with van der Waals surface area (Å²) in [5.74, 6) is 1.52. The number of anilines is 2. The summed E-state index contributed by atoms with van der Waals surface area (Å²) in [4.78, 5) is 6.78. The summed E-state index contributed by atoms with van der Waals surface area (Å²) >= 11 is 0. The van der Waals surface area contributed by atoms with E-state index < -0.39 is 0 Å². The molecule has 3 nitrogen and oxygen atoms in total. The molecule has 112 valence electrons. The summed E-state index contributed by atoms with van der Waals surface area (Å²) in [5, 5.41) is 3.46. The minimum absolute atomic E-state index is 0.480. The fourth-order valence-corrected chi connectivity index (χ4v) is 2.40. The third kappa shape index (κ3) is 4.22. The van der Waals surface area contributed by atoms with E-state index in [9.17, 15) is 0 Å². The van der Waals surface area contributed by atoms with Gasteiger partial charge in [0, 0.05) is 19.6 Å². The number of benzene rings is 1. The highest BCUT2D eigenvalue weighted by Gasteiger charge is 2.06. The van der Waals surface area contributed by atoms with E-state index in [1.165, 1.54) is 5.56 Å². The molecule has 1 aromatic carbocycles. The Balaban J connectivity index is 1.92. The van der Waals surface area contributed by atoms with Gasteiger partial charge in [-0.25, -0.2) is 4.98 Å². The maximum absolute atomic E-state index is 4.53. The SMILES string of the molecule is CCN(CC)c1ccc(NCC(C)c2ccccc2)cn1. The number of aromatic nitrogens is 1. The summed E-state index contributed by atoms with van der Waals surface area (Å²) in [6.45, 7) is 9.43. The van der Waals surface area contributed by atoms with E-state index >= 15 is 0 Å². The molecule has 0 saturated carbocycles. The molecule has 0 bridgehead atoms. The van der Waals surface area contributed by atoms with E-state index in [1.807, 2.05) is 6.20 Å². The summed E-state index contributed by atoms with van der Waals surface area (Å²) in [7, 11) is 0. The summed E-state index contributed by atoms with van der Waals surface area (Å²) in [6.07, 6.45) is 1.92. The van der Waals surface area contributed by atoms with E-state index in [0.717, 1.165) is 31.1 Å². The van der Waals surface area contributed by atoms with Crippen molar-refractivity contribution in [3.05, 3.63) is 54.2 Å². The molecule has 1 unspecified atom stereocenters. The maximum atomic E-state index is 4.53. The predicted molar refractivity (Wildman–Crippen MR) is 91.1 cm³/mol. The van der Waals surface area contributed by atoms with Gasteiger partial charge in [-0.3, -0.25) is 0 Å². The van der Waals surface area contributed by atoms with Gasteiger partial charge in [0.25, 0.3) is 0 Å². The second kappa shape index (κ2) is 7.67. The average molecular weight is 283 g/mol. The van der Waals surface area contributed by atoms with Crippen molar-refractivity contribution in [3.63, 3.8) is 0 Å². The van der Waals surface area contributed by atoms with Gasteiger partial charge in [0.1, 0.15) is 5.82 Å². The fourth-order valence-electron chi connectivity index (χ4n) is 2.40. The molecule has 1 N–H and O–H groups in total. The Kier molecular flexibility index (Phi) is 5.61. The Labute approximate surface area is 128 Å². The number of hydrogen-bond donors (Lipinski definition) is 1. The molecule has 3 heteroatoms. The first-order chi connectivity index (χ1) is 10.2. The second-order valence-corrected chi connectivity index (χ2v) is 5.27. The Hall–Kier alpha value is -2.03. The van der Waals surface area contributed by atoms with Crippen LogP contribution < -0.4 is 10.2 Å². The van der Waals surface area contributed by atoms with Crippen molar-refractivity contribution in [1.82, 2.24) is 4.98 Å². The van der Waals surface area contributed by atoms with Gasteiger partial charge in [-0.1, -0.05) is 37.3 Å². The van der Waals surface area contributed by atoms with Crippen LogP contribution in [-0.4, -0.2) is 24.6 Å². The number of pyridine rings is 1. The normalized spacial score (nSPS) is 12.0. The molecule has 0 radical (unpaired) electrons. The Bertz CT molecular complexity index is 518. The smallest absolute Gasteiger partial charge is 0.128 e. The lowest BCUT2D eigenvalue weighted by atomic mass is 10.0. The van der Waals surface area contributed by atoms with Crippen LogP contribution in [0.3, 0.4) is 0 Å². The monoisotopic (exact) mass is 283 g/mol. The van der Waals surface area contributed by atoms with Crippen molar-refractivity contribution in [2.75, 3.05) is 29.9 Å². The third-order valence-corrected chi connectivity index (χ3v) is 3.82. The van der Waals surface area contributed by atoms with E-state index in [0.29, 0.717) is 5.92 Å². The lowest BCUT2D eigenvalue weighted by molar-refractivity contribution is 0.803. The molecule has 0 amide bonds. The van der Waals surface area contributed by atoms with Gasteiger partial charge in [0.15, 0.2) is 0 Å². The van der Waals surface area contributed by atoms with Gasteiger partial charge in [0.05, 0.1) is 11.9 Å². The minimum atomic E-state index is 0.480. The van der Waals surface area contributed by atoms with Crippen molar-refractivity contribution in [3.8, 4) is 0 Å². The molecular formula is C18H25N3. The standard InChI is InChI=1S/C18H25N3/c1-4-21(5-2)18-12-11-17(14-20-18)19-13-15(3)16-9-7-6-8-10-16/h6-12,14-15,19H,4-5,13H2,1-3H3. The zero-order valence-electron chi connectivity index (χ0n) is 13.2. The molecule has 0 saturated heterocycles. The van der Waals surface area contributed by atoms with Gasteiger partial charge in [-0.15, -0.1) is 0 Å². The minimum Gasteiger partial charge on any atom is -0.383 e. The number of nitrogens with one attached hydrogen (secondary N) is 1. The molecule has 1 aromatic heterocycles. The first-order valence-corrected chi connectivity index (χ1v) is 7.74. The molecule has 0 aliphatic carbocycles. The van der Waals surface area contributed by atoms with Gasteiger partial charge in [0.2, 0.25) is 0 Å². The van der Waals surface area contributed by atoms with Crippen LogP contribution in [0.1, 0.15) is 32.3 Å². The van der Waals surface area contributed by atoms with Crippen molar-refractivity contribution in [2.45, 2.75) is 26.7 Å². The molecule has 1 atom stereocenters. The van der Waals surface area contributed by atoms with Crippen LogP contribution in [0.2, 0.25) is 0 Å². The maximum Gasteiger partial charge on any atom is 0.128 e. The van der Waals surface area contributed by atoms with Crippen molar-refractivity contribution in [2.24, 2.45) is 0 Å². The van der Waals surface area contributed by atoms with Crippen molar-refractivity contribution < 1.29 is 0 Å². The van der Waals surface area contributed by atoms with Gasteiger partial charge >= 0.3 is 0 Å². The van der Waals surface area contributed by atoms with Crippen LogP contribution in [0.25, 0.3) is 0 Å². The van der Waals surface area contributed by atoms with Crippen LogP contribution in [0, 0.1) is 0 Å². The highest BCUT2D eigenvalue weighted by atomic mass is 15.2. The summed E-state index contributed by atoms with van der Waals surface area (Å²) in [6, 6.07) is 14.8. The molecule has 0 aliphatic heterocycles. The average Bonchev–Trinajstić information content (AvgIpc) is 2.55. The first kappa shape index (κ1) is 15.4. The van der Waals surface area contributed by atoms with Crippen LogP contribution in [0.5, 0.6) is 0 Å². The third-order valence-electron chi connectivity index (χ3n) is 3.82. The fraction of sp³-hybridized carbons (Fsp3) is 0.389. The van der Waals surface area contributed by atoms with E-state index in [-0.39, 0.29) is 0 Å². The molecular weight excluding hydrogens is 258 g/mol. The van der Waals surface area contributed by atoms with Crippen LogP contribution >= 0.6 is 0 Å². The number of rotatable bonds is 7. The zero-order valence-corrected chi connectivity index (χ0v) is 13.2. The van der Waals surface area contributed by atoms with Gasteiger partial charge < -0.3 is 10.2 Å². The highest BCUT2D eigenvalue weighted by Crippen LogP contribution is 2.17. The lowest BCUT2D eigenvalue weighted by Crippen LogP contribution is -2.22. The van der Waals surface area contributed by atoms with Crippen LogP contribution in [0.4, 0.5) is 11.5 Å². The van der Waals surface area contributed by atoms with Gasteiger partial charge in [-0.2, -0.15) is 0 Å². The Morgan fingerprint density at radius 1 is 1.05 bits per heavy atom. The Morgan fingerprint density at radius 2 is 1.76 bits per heavy atom. The largest absolute Gasteiger partial charge is 0.383 e. The van der Waals surface area contributed by atoms with Crippen molar-refractivity contribution in [1.29, 1.82) is 0 Å².